The summed E-state index contributed by atoms with van der Waals surface area (Å²) in [6.07, 6.45) is 2.85. The van der Waals surface area contributed by atoms with Crippen LogP contribution in [0.5, 0.6) is 5.75 Å². The number of nitrogens with one attached hydrogen (secondary N) is 1. The van der Waals surface area contributed by atoms with Crippen molar-refractivity contribution < 1.29 is 14.7 Å². The van der Waals surface area contributed by atoms with Gasteiger partial charge in [0.1, 0.15) is 5.75 Å². The number of benzene rings is 1. The van der Waals surface area contributed by atoms with Crippen LogP contribution in [0.3, 0.4) is 0 Å². The molecule has 3 amide bonds. The maximum Gasteiger partial charge on any atom is 0.317 e. The van der Waals surface area contributed by atoms with E-state index in [2.05, 4.69) is 5.32 Å². The maximum atomic E-state index is 12.3. The average molecular weight is 317 g/mol. The molecule has 1 saturated heterocycles. The number of nitrogens with zero attached hydrogens (tertiary/aromatic N) is 2. The molecular formula is C17H23N3O3. The molecule has 6 heteroatoms. The van der Waals surface area contributed by atoms with Gasteiger partial charge in [-0.3, -0.25) is 4.79 Å². The van der Waals surface area contributed by atoms with Gasteiger partial charge in [0.15, 0.2) is 0 Å². The minimum Gasteiger partial charge on any atom is -0.508 e. The molecule has 3 rings (SSSR count). The Bertz CT molecular complexity index is 586. The summed E-state index contributed by atoms with van der Waals surface area (Å²) in [7, 11) is 0. The number of hydrogen-bond acceptors (Lipinski definition) is 3. The molecule has 124 valence electrons. The molecule has 1 aliphatic carbocycles. The number of phenolic OH excluding ortho intramolecular Hbond substituents is 1. The second kappa shape index (κ2) is 6.89. The van der Waals surface area contributed by atoms with E-state index in [0.29, 0.717) is 26.2 Å². The molecule has 23 heavy (non-hydrogen) atoms. The lowest BCUT2D eigenvalue weighted by molar-refractivity contribution is -0.132. The predicted octanol–water partition coefficient (Wildman–Crippen LogP) is 1.55. The third-order valence-electron chi connectivity index (χ3n) is 4.38. The lowest BCUT2D eigenvalue weighted by Gasteiger charge is -2.22. The summed E-state index contributed by atoms with van der Waals surface area (Å²) in [5, 5.41) is 12.3. The standard InChI is InChI=1S/C17H23N3O3/c21-15-4-1-3-13(11-15)12-18-17(23)20-8-2-7-19(9-10-20)16(22)14-5-6-14/h1,3-4,11,14,21H,2,5-10,12H2,(H,18,23). The van der Waals surface area contributed by atoms with Crippen LogP contribution in [0.25, 0.3) is 0 Å². The molecule has 0 spiro atoms. The van der Waals surface area contributed by atoms with E-state index in [4.69, 9.17) is 0 Å². The number of phenols is 1. The van der Waals surface area contributed by atoms with E-state index in [9.17, 15) is 14.7 Å². The van der Waals surface area contributed by atoms with E-state index < -0.39 is 0 Å². The van der Waals surface area contributed by atoms with Crippen LogP contribution in [0.1, 0.15) is 24.8 Å². The van der Waals surface area contributed by atoms with Crippen LogP contribution >= 0.6 is 0 Å². The molecule has 1 heterocycles. The summed E-state index contributed by atoms with van der Waals surface area (Å²) in [5.41, 5.74) is 0.860. The van der Waals surface area contributed by atoms with Crippen LogP contribution < -0.4 is 5.32 Å². The first kappa shape index (κ1) is 15.6. The zero-order valence-corrected chi connectivity index (χ0v) is 13.2. The normalized spacial score (nSPS) is 18.4. The predicted molar refractivity (Wildman–Crippen MR) is 85.8 cm³/mol. The molecule has 6 nitrogen and oxygen atoms in total. The van der Waals surface area contributed by atoms with Gasteiger partial charge in [0, 0.05) is 38.6 Å². The van der Waals surface area contributed by atoms with E-state index in [0.717, 1.165) is 31.4 Å². The highest BCUT2D eigenvalue weighted by molar-refractivity contribution is 5.81. The van der Waals surface area contributed by atoms with Crippen molar-refractivity contribution in [1.82, 2.24) is 15.1 Å². The van der Waals surface area contributed by atoms with E-state index in [1.807, 2.05) is 11.0 Å². The highest BCUT2D eigenvalue weighted by Crippen LogP contribution is 2.31. The van der Waals surface area contributed by atoms with Gasteiger partial charge >= 0.3 is 6.03 Å². The zero-order valence-electron chi connectivity index (χ0n) is 13.2. The Morgan fingerprint density at radius 1 is 1.13 bits per heavy atom. The summed E-state index contributed by atoms with van der Waals surface area (Å²) in [6, 6.07) is 6.74. The molecular weight excluding hydrogens is 294 g/mol. The first-order chi connectivity index (χ1) is 11.1. The number of urea groups is 1. The van der Waals surface area contributed by atoms with Crippen molar-refractivity contribution in [2.45, 2.75) is 25.8 Å². The highest BCUT2D eigenvalue weighted by Gasteiger charge is 2.34. The molecule has 1 aromatic rings. The van der Waals surface area contributed by atoms with E-state index in [1.54, 1.807) is 23.1 Å². The van der Waals surface area contributed by atoms with Crippen LogP contribution in [0, 0.1) is 5.92 Å². The fraction of sp³-hybridized carbons (Fsp3) is 0.529. The molecule has 1 saturated carbocycles. The Kier molecular flexibility index (Phi) is 4.69. The third-order valence-corrected chi connectivity index (χ3v) is 4.38. The number of amides is 3. The molecule has 1 aromatic carbocycles. The van der Waals surface area contributed by atoms with Crippen molar-refractivity contribution in [3.05, 3.63) is 29.8 Å². The maximum absolute atomic E-state index is 12.3. The molecule has 2 aliphatic rings. The molecule has 2 N–H and O–H groups in total. The van der Waals surface area contributed by atoms with Crippen LogP contribution in [-0.4, -0.2) is 53.0 Å². The summed E-state index contributed by atoms with van der Waals surface area (Å²) in [4.78, 5) is 28.1. The van der Waals surface area contributed by atoms with Crippen molar-refractivity contribution in [3.8, 4) is 5.75 Å². The van der Waals surface area contributed by atoms with Gasteiger partial charge in [-0.1, -0.05) is 12.1 Å². The van der Waals surface area contributed by atoms with E-state index in [1.165, 1.54) is 0 Å². The van der Waals surface area contributed by atoms with Crippen LogP contribution in [0.15, 0.2) is 24.3 Å². The van der Waals surface area contributed by atoms with Crippen LogP contribution in [0.4, 0.5) is 4.79 Å². The van der Waals surface area contributed by atoms with Gasteiger partial charge in [0.2, 0.25) is 5.91 Å². The van der Waals surface area contributed by atoms with Crippen molar-refractivity contribution in [2.24, 2.45) is 5.92 Å². The molecule has 0 radical (unpaired) electrons. The quantitative estimate of drug-likeness (QED) is 0.888. The third kappa shape index (κ3) is 4.15. The summed E-state index contributed by atoms with van der Waals surface area (Å²) in [6.45, 7) is 2.99. The second-order valence-electron chi connectivity index (χ2n) is 6.27. The Labute approximate surface area is 136 Å². The molecule has 0 atom stereocenters. The van der Waals surface area contributed by atoms with Gasteiger partial charge < -0.3 is 20.2 Å². The number of rotatable bonds is 3. The van der Waals surface area contributed by atoms with Crippen molar-refractivity contribution in [3.63, 3.8) is 0 Å². The van der Waals surface area contributed by atoms with Crippen molar-refractivity contribution in [2.75, 3.05) is 26.2 Å². The second-order valence-corrected chi connectivity index (χ2v) is 6.27. The first-order valence-corrected chi connectivity index (χ1v) is 8.23. The van der Waals surface area contributed by atoms with Gasteiger partial charge in [-0.25, -0.2) is 4.79 Å². The molecule has 2 fully saturated rings. The Morgan fingerprint density at radius 2 is 1.87 bits per heavy atom. The van der Waals surface area contributed by atoms with Crippen LogP contribution in [0.2, 0.25) is 0 Å². The van der Waals surface area contributed by atoms with E-state index >= 15 is 0 Å². The molecule has 0 unspecified atom stereocenters. The zero-order chi connectivity index (χ0) is 16.2. The van der Waals surface area contributed by atoms with E-state index in [-0.39, 0.29) is 23.6 Å². The van der Waals surface area contributed by atoms with Gasteiger partial charge in [-0.05, 0) is 37.0 Å². The summed E-state index contributed by atoms with van der Waals surface area (Å²) >= 11 is 0. The average Bonchev–Trinajstić information content (AvgIpc) is 3.38. The number of hydrogen-bond donors (Lipinski definition) is 2. The van der Waals surface area contributed by atoms with Gasteiger partial charge in [-0.15, -0.1) is 0 Å². The lowest BCUT2D eigenvalue weighted by Crippen LogP contribution is -2.42. The SMILES string of the molecule is O=C(NCc1cccc(O)c1)N1CCCN(C(=O)C2CC2)CC1. The first-order valence-electron chi connectivity index (χ1n) is 8.23. The van der Waals surface area contributed by atoms with Gasteiger partial charge in [0.05, 0.1) is 0 Å². The number of carbonyl (C=O) groups is 2. The fourth-order valence-electron chi connectivity index (χ4n) is 2.89. The Morgan fingerprint density at radius 3 is 2.61 bits per heavy atom. The molecule has 1 aliphatic heterocycles. The Hall–Kier alpha value is -2.24. The topological polar surface area (TPSA) is 72.9 Å². The largest absolute Gasteiger partial charge is 0.508 e. The van der Waals surface area contributed by atoms with Crippen LogP contribution in [-0.2, 0) is 11.3 Å². The van der Waals surface area contributed by atoms with Crippen molar-refractivity contribution in [1.29, 1.82) is 0 Å². The van der Waals surface area contributed by atoms with Crippen molar-refractivity contribution >= 4 is 11.9 Å². The fourth-order valence-corrected chi connectivity index (χ4v) is 2.89. The minimum absolute atomic E-state index is 0.117. The molecule has 0 bridgehead atoms. The van der Waals surface area contributed by atoms with Gasteiger partial charge in [0.25, 0.3) is 0 Å². The monoisotopic (exact) mass is 317 g/mol. The van der Waals surface area contributed by atoms with Gasteiger partial charge in [-0.2, -0.15) is 0 Å². The summed E-state index contributed by atoms with van der Waals surface area (Å²) < 4.78 is 0. The highest BCUT2D eigenvalue weighted by atomic mass is 16.3. The lowest BCUT2D eigenvalue weighted by atomic mass is 10.2. The minimum atomic E-state index is -0.117. The molecule has 0 aromatic heterocycles. The Balaban J connectivity index is 1.48. The number of aromatic hydroxyl groups is 1. The number of carbonyl (C=O) groups excluding carboxylic acids is 2. The summed E-state index contributed by atoms with van der Waals surface area (Å²) in [5.74, 6) is 0.689. The smallest absolute Gasteiger partial charge is 0.317 e.